The Labute approximate surface area is 114 Å². The first kappa shape index (κ1) is 12.9. The molecule has 1 N–H and O–H groups in total. The number of benzene rings is 1. The number of carbonyl (C=O) groups is 1. The number of methoxy groups -OCH3 is 1. The maximum Gasteiger partial charge on any atom is 0.339 e. The summed E-state index contributed by atoms with van der Waals surface area (Å²) in [5.41, 5.74) is 1.10. The highest BCUT2D eigenvalue weighted by atomic mass is 35.5. The predicted octanol–water partition coefficient (Wildman–Crippen LogP) is 3.20. The molecule has 6 heteroatoms. The average molecular weight is 283 g/mol. The minimum atomic E-state index is -0.395. The quantitative estimate of drug-likeness (QED) is 0.875. The Morgan fingerprint density at radius 1 is 1.56 bits per heavy atom. The van der Waals surface area contributed by atoms with Gasteiger partial charge in [0.1, 0.15) is 5.01 Å². The van der Waals surface area contributed by atoms with Gasteiger partial charge in [0.2, 0.25) is 0 Å². The van der Waals surface area contributed by atoms with Crippen molar-refractivity contribution in [1.82, 2.24) is 4.98 Å². The molecule has 0 saturated heterocycles. The van der Waals surface area contributed by atoms with Gasteiger partial charge in [0.25, 0.3) is 0 Å². The average Bonchev–Trinajstić information content (AvgIpc) is 2.88. The van der Waals surface area contributed by atoms with Crippen LogP contribution in [0.4, 0.5) is 5.69 Å². The van der Waals surface area contributed by atoms with Crippen LogP contribution in [-0.2, 0) is 11.3 Å². The number of carbonyl (C=O) groups excluding carboxylic acids is 1. The van der Waals surface area contributed by atoms with Crippen LogP contribution in [0.1, 0.15) is 15.4 Å². The van der Waals surface area contributed by atoms with Gasteiger partial charge in [-0.15, -0.1) is 11.3 Å². The van der Waals surface area contributed by atoms with Gasteiger partial charge < -0.3 is 10.1 Å². The summed E-state index contributed by atoms with van der Waals surface area (Å²) in [4.78, 5) is 15.7. The third-order valence-electron chi connectivity index (χ3n) is 2.30. The summed E-state index contributed by atoms with van der Waals surface area (Å²) in [5.74, 6) is -0.395. The summed E-state index contributed by atoms with van der Waals surface area (Å²) < 4.78 is 4.72. The van der Waals surface area contributed by atoms with Crippen molar-refractivity contribution in [2.24, 2.45) is 0 Å². The summed E-state index contributed by atoms with van der Waals surface area (Å²) in [7, 11) is 1.35. The summed E-state index contributed by atoms with van der Waals surface area (Å²) in [6.45, 7) is 0.544. The predicted molar refractivity (Wildman–Crippen MR) is 72.2 cm³/mol. The fraction of sp³-hybridized carbons (Fsp3) is 0.167. The van der Waals surface area contributed by atoms with E-state index < -0.39 is 5.97 Å². The number of halogens is 1. The molecule has 18 heavy (non-hydrogen) atoms. The maximum absolute atomic E-state index is 11.6. The molecule has 2 aromatic rings. The third-order valence-corrected chi connectivity index (χ3v) is 3.32. The number of aromatic nitrogens is 1. The zero-order valence-electron chi connectivity index (χ0n) is 9.64. The molecule has 0 unspecified atom stereocenters. The first-order chi connectivity index (χ1) is 8.70. The number of rotatable bonds is 4. The third kappa shape index (κ3) is 3.00. The number of nitrogens with one attached hydrogen (secondary N) is 1. The highest BCUT2D eigenvalue weighted by Crippen LogP contribution is 2.22. The molecule has 0 fully saturated rings. The van der Waals surface area contributed by atoms with Gasteiger partial charge in [-0.25, -0.2) is 9.78 Å². The smallest absolute Gasteiger partial charge is 0.339 e. The number of hydrogen-bond donors (Lipinski definition) is 1. The number of hydrogen-bond acceptors (Lipinski definition) is 5. The van der Waals surface area contributed by atoms with E-state index in [1.165, 1.54) is 7.11 Å². The molecule has 0 spiro atoms. The Bertz CT molecular complexity index is 543. The van der Waals surface area contributed by atoms with Gasteiger partial charge >= 0.3 is 5.97 Å². The molecule has 0 bridgehead atoms. The first-order valence-corrected chi connectivity index (χ1v) is 6.46. The standard InChI is InChI=1S/C12H11ClN2O2S/c1-17-12(16)9-3-2-8(13)6-10(9)15-7-11-14-4-5-18-11/h2-6,15H,7H2,1H3. The fourth-order valence-corrected chi connectivity index (χ4v) is 2.19. The molecule has 0 aliphatic rings. The first-order valence-electron chi connectivity index (χ1n) is 5.21. The monoisotopic (exact) mass is 282 g/mol. The van der Waals surface area contributed by atoms with E-state index in [0.29, 0.717) is 22.8 Å². The molecule has 0 aliphatic heterocycles. The van der Waals surface area contributed by atoms with E-state index in [-0.39, 0.29) is 0 Å². The van der Waals surface area contributed by atoms with Gasteiger partial charge in [0.15, 0.2) is 0 Å². The van der Waals surface area contributed by atoms with Crippen LogP contribution >= 0.6 is 22.9 Å². The molecular formula is C12H11ClN2O2S. The lowest BCUT2D eigenvalue weighted by molar-refractivity contribution is 0.0602. The van der Waals surface area contributed by atoms with Crippen molar-refractivity contribution in [2.45, 2.75) is 6.54 Å². The molecule has 1 aromatic carbocycles. The van der Waals surface area contributed by atoms with E-state index in [9.17, 15) is 4.79 Å². The number of ether oxygens (including phenoxy) is 1. The lowest BCUT2D eigenvalue weighted by Crippen LogP contribution is -2.08. The molecular weight excluding hydrogens is 272 g/mol. The number of thiazole rings is 1. The van der Waals surface area contributed by atoms with Crippen molar-refractivity contribution < 1.29 is 9.53 Å². The second-order valence-electron chi connectivity index (χ2n) is 3.46. The van der Waals surface area contributed by atoms with Gasteiger partial charge in [0, 0.05) is 16.6 Å². The zero-order valence-corrected chi connectivity index (χ0v) is 11.2. The van der Waals surface area contributed by atoms with Crippen LogP contribution < -0.4 is 5.32 Å². The van der Waals surface area contributed by atoms with Crippen molar-refractivity contribution in [2.75, 3.05) is 12.4 Å². The molecule has 0 amide bonds. The van der Waals surface area contributed by atoms with Crippen molar-refractivity contribution in [3.05, 3.63) is 45.4 Å². The van der Waals surface area contributed by atoms with Crippen molar-refractivity contribution in [3.63, 3.8) is 0 Å². The molecule has 2 rings (SSSR count). The molecule has 1 heterocycles. The topological polar surface area (TPSA) is 51.2 Å². The largest absolute Gasteiger partial charge is 0.465 e. The molecule has 0 aliphatic carbocycles. The minimum absolute atomic E-state index is 0.395. The fourth-order valence-electron chi connectivity index (χ4n) is 1.46. The van der Waals surface area contributed by atoms with Crippen LogP contribution in [0.25, 0.3) is 0 Å². The minimum Gasteiger partial charge on any atom is -0.465 e. The number of esters is 1. The lowest BCUT2D eigenvalue weighted by Gasteiger charge is -2.10. The summed E-state index contributed by atoms with van der Waals surface area (Å²) in [5, 5.41) is 6.53. The highest BCUT2D eigenvalue weighted by Gasteiger charge is 2.12. The van der Waals surface area contributed by atoms with Crippen LogP contribution in [0.5, 0.6) is 0 Å². The Kier molecular flexibility index (Phi) is 4.17. The Morgan fingerprint density at radius 3 is 3.06 bits per heavy atom. The van der Waals surface area contributed by atoms with Crippen molar-refractivity contribution in [1.29, 1.82) is 0 Å². The normalized spacial score (nSPS) is 10.1. The van der Waals surface area contributed by atoms with Gasteiger partial charge in [-0.2, -0.15) is 0 Å². The summed E-state index contributed by atoms with van der Waals surface area (Å²) in [6.07, 6.45) is 1.74. The number of nitrogens with zero attached hydrogens (tertiary/aromatic N) is 1. The van der Waals surface area contributed by atoms with E-state index in [1.54, 1.807) is 35.7 Å². The molecule has 1 aromatic heterocycles. The van der Waals surface area contributed by atoms with Crippen LogP contribution in [0.2, 0.25) is 5.02 Å². The summed E-state index contributed by atoms with van der Waals surface area (Å²) >= 11 is 7.46. The van der Waals surface area contributed by atoms with E-state index in [0.717, 1.165) is 5.01 Å². The molecule has 0 atom stereocenters. The Balaban J connectivity index is 2.19. The maximum atomic E-state index is 11.6. The van der Waals surface area contributed by atoms with Crippen molar-refractivity contribution >= 4 is 34.6 Å². The second-order valence-corrected chi connectivity index (χ2v) is 4.88. The van der Waals surface area contributed by atoms with E-state index in [1.807, 2.05) is 5.38 Å². The van der Waals surface area contributed by atoms with Gasteiger partial charge in [-0.1, -0.05) is 11.6 Å². The van der Waals surface area contributed by atoms with Gasteiger partial charge in [-0.05, 0) is 18.2 Å². The summed E-state index contributed by atoms with van der Waals surface area (Å²) in [6, 6.07) is 4.99. The molecule has 0 saturated carbocycles. The van der Waals surface area contributed by atoms with E-state index in [4.69, 9.17) is 16.3 Å². The molecule has 94 valence electrons. The van der Waals surface area contributed by atoms with E-state index in [2.05, 4.69) is 10.3 Å². The van der Waals surface area contributed by atoms with Gasteiger partial charge in [-0.3, -0.25) is 0 Å². The SMILES string of the molecule is COC(=O)c1ccc(Cl)cc1NCc1nccs1. The van der Waals surface area contributed by atoms with Crippen LogP contribution in [-0.4, -0.2) is 18.1 Å². The van der Waals surface area contributed by atoms with Crippen LogP contribution in [0, 0.1) is 0 Å². The highest BCUT2D eigenvalue weighted by molar-refractivity contribution is 7.09. The zero-order chi connectivity index (χ0) is 13.0. The van der Waals surface area contributed by atoms with Crippen molar-refractivity contribution in [3.8, 4) is 0 Å². The number of anilines is 1. The second kappa shape index (κ2) is 5.84. The Hall–Kier alpha value is -1.59. The van der Waals surface area contributed by atoms with Crippen LogP contribution in [0.3, 0.4) is 0 Å². The van der Waals surface area contributed by atoms with E-state index >= 15 is 0 Å². The lowest BCUT2D eigenvalue weighted by atomic mass is 10.2. The van der Waals surface area contributed by atoms with Crippen LogP contribution in [0.15, 0.2) is 29.8 Å². The molecule has 4 nitrogen and oxygen atoms in total. The molecule has 0 radical (unpaired) electrons. The van der Waals surface area contributed by atoms with Gasteiger partial charge in [0.05, 0.1) is 24.9 Å². The Morgan fingerprint density at radius 2 is 2.39 bits per heavy atom.